The summed E-state index contributed by atoms with van der Waals surface area (Å²) in [6.45, 7) is 3.91. The molecule has 0 fully saturated rings. The zero-order chi connectivity index (χ0) is 12.1. The van der Waals surface area contributed by atoms with E-state index in [4.69, 9.17) is 5.73 Å². The normalized spacial score (nSPS) is 12.2. The van der Waals surface area contributed by atoms with Gasteiger partial charge in [0, 0.05) is 6.54 Å². The van der Waals surface area contributed by atoms with Gasteiger partial charge < -0.3 is 11.1 Å². The molecule has 0 aliphatic rings. The number of nitrogens with one attached hydrogen (secondary N) is 1. The molecule has 3 N–H and O–H groups in total. The Morgan fingerprint density at radius 1 is 1.56 bits per heavy atom. The van der Waals surface area contributed by atoms with E-state index in [1.54, 1.807) is 19.1 Å². The number of hydrogen-bond acceptors (Lipinski definition) is 2. The Balaban J connectivity index is 2.84. The van der Waals surface area contributed by atoms with Crippen molar-refractivity contribution >= 4 is 11.6 Å². The number of aryl methyl sites for hydroxylation is 1. The van der Waals surface area contributed by atoms with Gasteiger partial charge in [-0.25, -0.2) is 4.39 Å². The quantitative estimate of drug-likeness (QED) is 0.822. The van der Waals surface area contributed by atoms with Gasteiger partial charge >= 0.3 is 0 Å². The summed E-state index contributed by atoms with van der Waals surface area (Å²) < 4.78 is 13.4. The van der Waals surface area contributed by atoms with Gasteiger partial charge in [-0.05, 0) is 25.0 Å². The maximum atomic E-state index is 13.4. The molecule has 0 saturated heterocycles. The molecule has 0 aromatic heterocycles. The minimum absolute atomic E-state index is 0.224. The van der Waals surface area contributed by atoms with E-state index in [0.717, 1.165) is 0 Å². The largest absolute Gasteiger partial charge is 0.330 e. The summed E-state index contributed by atoms with van der Waals surface area (Å²) in [5.74, 6) is -0.905. The van der Waals surface area contributed by atoms with Crippen molar-refractivity contribution in [3.05, 3.63) is 29.6 Å². The molecule has 0 bridgehead atoms. The number of para-hydroxylation sites is 1. The lowest BCUT2D eigenvalue weighted by Crippen LogP contribution is -2.29. The predicted molar refractivity (Wildman–Crippen MR) is 62.6 cm³/mol. The van der Waals surface area contributed by atoms with Crippen LogP contribution in [0, 0.1) is 18.7 Å². The van der Waals surface area contributed by atoms with Crippen molar-refractivity contribution in [3.8, 4) is 0 Å². The lowest BCUT2D eigenvalue weighted by Gasteiger charge is -2.14. The van der Waals surface area contributed by atoms with E-state index in [2.05, 4.69) is 5.32 Å². The van der Waals surface area contributed by atoms with E-state index in [1.165, 1.54) is 6.07 Å². The average Bonchev–Trinajstić information content (AvgIpc) is 2.25. The Morgan fingerprint density at radius 3 is 2.75 bits per heavy atom. The Hall–Kier alpha value is -1.42. The van der Waals surface area contributed by atoms with E-state index >= 15 is 0 Å². The van der Waals surface area contributed by atoms with E-state index in [-0.39, 0.29) is 24.1 Å². The molecule has 0 aliphatic carbocycles. The first kappa shape index (κ1) is 12.6. The van der Waals surface area contributed by atoms with Crippen LogP contribution in [-0.2, 0) is 4.79 Å². The van der Waals surface area contributed by atoms with E-state index in [9.17, 15) is 9.18 Å². The summed E-state index contributed by atoms with van der Waals surface area (Å²) in [7, 11) is 0. The van der Waals surface area contributed by atoms with Crippen LogP contribution in [0.5, 0.6) is 0 Å². The number of halogens is 1. The molecule has 0 saturated carbocycles. The molecule has 1 rings (SSSR count). The maximum Gasteiger partial charge on any atom is 0.228 e. The van der Waals surface area contributed by atoms with Crippen LogP contribution >= 0.6 is 0 Å². The average molecular weight is 224 g/mol. The first-order valence-electron chi connectivity index (χ1n) is 5.36. The van der Waals surface area contributed by atoms with Gasteiger partial charge in [0.25, 0.3) is 0 Å². The van der Waals surface area contributed by atoms with Crippen molar-refractivity contribution < 1.29 is 9.18 Å². The second kappa shape index (κ2) is 5.61. The van der Waals surface area contributed by atoms with Crippen LogP contribution in [-0.4, -0.2) is 12.5 Å². The number of carbonyl (C=O) groups excluding carboxylic acids is 1. The summed E-state index contributed by atoms with van der Waals surface area (Å²) in [6, 6.07) is 4.69. The Kier molecular flexibility index (Phi) is 4.43. The summed E-state index contributed by atoms with van der Waals surface area (Å²) in [5, 5.41) is 2.59. The lowest BCUT2D eigenvalue weighted by molar-refractivity contribution is -0.119. The molecule has 1 aromatic carbocycles. The lowest BCUT2D eigenvalue weighted by atomic mass is 10.1. The fourth-order valence-corrected chi connectivity index (χ4v) is 1.47. The highest BCUT2D eigenvalue weighted by Crippen LogP contribution is 2.19. The molecule has 3 nitrogen and oxygen atoms in total. The number of amides is 1. The molecule has 0 aliphatic heterocycles. The van der Waals surface area contributed by atoms with Crippen LogP contribution in [0.25, 0.3) is 0 Å². The third kappa shape index (κ3) is 2.79. The molecule has 0 heterocycles. The topological polar surface area (TPSA) is 55.1 Å². The van der Waals surface area contributed by atoms with Crippen LogP contribution in [0.15, 0.2) is 18.2 Å². The maximum absolute atomic E-state index is 13.4. The third-order valence-electron chi connectivity index (χ3n) is 2.62. The zero-order valence-corrected chi connectivity index (χ0v) is 9.59. The van der Waals surface area contributed by atoms with Gasteiger partial charge in [0.05, 0.1) is 11.6 Å². The van der Waals surface area contributed by atoms with Crippen LogP contribution in [0.3, 0.4) is 0 Å². The van der Waals surface area contributed by atoms with Gasteiger partial charge in [-0.15, -0.1) is 0 Å². The molecule has 1 unspecified atom stereocenters. The van der Waals surface area contributed by atoms with Gasteiger partial charge in [-0.2, -0.15) is 0 Å². The monoisotopic (exact) mass is 224 g/mol. The highest BCUT2D eigenvalue weighted by Gasteiger charge is 2.16. The highest BCUT2D eigenvalue weighted by atomic mass is 19.1. The highest BCUT2D eigenvalue weighted by molar-refractivity contribution is 5.93. The van der Waals surface area contributed by atoms with Crippen LogP contribution in [0.4, 0.5) is 10.1 Å². The van der Waals surface area contributed by atoms with E-state index in [0.29, 0.717) is 12.0 Å². The Labute approximate surface area is 94.8 Å². The molecule has 4 heteroatoms. The predicted octanol–water partition coefficient (Wildman–Crippen LogP) is 2.06. The standard InChI is InChI=1S/C12H17FN2O/c1-3-9(7-14)12(16)15-11-8(2)5-4-6-10(11)13/h4-6,9H,3,7,14H2,1-2H3,(H,15,16). The van der Waals surface area contributed by atoms with Gasteiger partial charge in [0.15, 0.2) is 0 Å². The van der Waals surface area contributed by atoms with Crippen LogP contribution in [0.2, 0.25) is 0 Å². The molecule has 16 heavy (non-hydrogen) atoms. The van der Waals surface area contributed by atoms with Crippen LogP contribution in [0.1, 0.15) is 18.9 Å². The minimum Gasteiger partial charge on any atom is -0.330 e. The number of carbonyl (C=O) groups is 1. The second-order valence-corrected chi connectivity index (χ2v) is 3.76. The number of hydrogen-bond donors (Lipinski definition) is 2. The van der Waals surface area contributed by atoms with E-state index in [1.807, 2.05) is 6.92 Å². The molecule has 1 amide bonds. The first-order valence-corrected chi connectivity index (χ1v) is 5.36. The molecule has 1 atom stereocenters. The first-order chi connectivity index (χ1) is 7.60. The SMILES string of the molecule is CCC(CN)C(=O)Nc1c(C)cccc1F. The minimum atomic E-state index is -0.416. The van der Waals surface area contributed by atoms with Gasteiger partial charge in [-0.3, -0.25) is 4.79 Å². The van der Waals surface area contributed by atoms with Crippen LogP contribution < -0.4 is 11.1 Å². The third-order valence-corrected chi connectivity index (χ3v) is 2.62. The van der Waals surface area contributed by atoms with Crippen molar-refractivity contribution in [2.45, 2.75) is 20.3 Å². The summed E-state index contributed by atoms with van der Waals surface area (Å²) in [4.78, 5) is 11.7. The van der Waals surface area contributed by atoms with Crippen molar-refractivity contribution in [1.82, 2.24) is 0 Å². The fraction of sp³-hybridized carbons (Fsp3) is 0.417. The van der Waals surface area contributed by atoms with Crippen molar-refractivity contribution in [1.29, 1.82) is 0 Å². The molecule has 1 aromatic rings. The Morgan fingerprint density at radius 2 is 2.25 bits per heavy atom. The molecule has 0 spiro atoms. The smallest absolute Gasteiger partial charge is 0.228 e. The zero-order valence-electron chi connectivity index (χ0n) is 9.59. The second-order valence-electron chi connectivity index (χ2n) is 3.76. The van der Waals surface area contributed by atoms with Gasteiger partial charge in [0.2, 0.25) is 5.91 Å². The number of nitrogens with two attached hydrogens (primary N) is 1. The summed E-state index contributed by atoms with van der Waals surface area (Å²) in [6.07, 6.45) is 0.649. The summed E-state index contributed by atoms with van der Waals surface area (Å²) >= 11 is 0. The van der Waals surface area contributed by atoms with E-state index < -0.39 is 5.82 Å². The van der Waals surface area contributed by atoms with Crippen molar-refractivity contribution in [3.63, 3.8) is 0 Å². The van der Waals surface area contributed by atoms with Gasteiger partial charge in [-0.1, -0.05) is 19.1 Å². The Bertz CT molecular complexity index is 355. The van der Waals surface area contributed by atoms with Gasteiger partial charge in [0.1, 0.15) is 5.82 Å². The molecule has 88 valence electrons. The molecule has 0 radical (unpaired) electrons. The number of benzene rings is 1. The van der Waals surface area contributed by atoms with Crippen molar-refractivity contribution in [2.75, 3.05) is 11.9 Å². The fourth-order valence-electron chi connectivity index (χ4n) is 1.47. The number of rotatable bonds is 4. The molecular formula is C12H17FN2O. The molecular weight excluding hydrogens is 207 g/mol. The van der Waals surface area contributed by atoms with Crippen molar-refractivity contribution in [2.24, 2.45) is 11.7 Å². The summed E-state index contributed by atoms with van der Waals surface area (Å²) in [5.41, 5.74) is 6.42. The number of anilines is 1.